The van der Waals surface area contributed by atoms with Crippen LogP contribution in [0.5, 0.6) is 5.75 Å². The molecule has 9 heteroatoms. The Morgan fingerprint density at radius 2 is 1.93 bits per heavy atom. The van der Waals surface area contributed by atoms with E-state index in [1.54, 1.807) is 16.6 Å². The smallest absolute Gasteiger partial charge is 0.264 e. The molecular weight excluding hydrogens is 443 g/mol. The van der Waals surface area contributed by atoms with Crippen molar-refractivity contribution < 1.29 is 9.53 Å². The van der Waals surface area contributed by atoms with E-state index in [1.165, 1.54) is 11.3 Å². The maximum Gasteiger partial charge on any atom is 0.264 e. The first-order valence-corrected chi connectivity index (χ1v) is 10.8. The highest BCUT2D eigenvalue weighted by Gasteiger charge is 2.16. The lowest BCUT2D eigenvalue weighted by molar-refractivity contribution is -0.118. The molecule has 0 fully saturated rings. The highest BCUT2D eigenvalue weighted by atomic mass is 35.5. The molecule has 0 spiro atoms. The number of nitrogens with zero attached hydrogens (tertiary/aromatic N) is 3. The zero-order valence-corrected chi connectivity index (χ0v) is 18.8. The predicted molar refractivity (Wildman–Crippen MR) is 121 cm³/mol. The van der Waals surface area contributed by atoms with Gasteiger partial charge in [0, 0.05) is 16.0 Å². The van der Waals surface area contributed by atoms with Gasteiger partial charge in [-0.3, -0.25) is 10.1 Å². The minimum atomic E-state index is -0.334. The number of amides is 1. The third-order valence-electron chi connectivity index (χ3n) is 4.76. The normalized spacial score (nSPS) is 11.1. The molecular formula is C21H18Cl2N4O2S. The van der Waals surface area contributed by atoms with E-state index in [2.05, 4.69) is 15.4 Å². The molecule has 1 amide bonds. The van der Waals surface area contributed by atoms with Crippen LogP contribution < -0.4 is 10.1 Å². The van der Waals surface area contributed by atoms with Crippen molar-refractivity contribution in [2.45, 2.75) is 20.8 Å². The summed E-state index contributed by atoms with van der Waals surface area (Å²) in [6, 6.07) is 9.27. The molecule has 0 saturated carbocycles. The Morgan fingerprint density at radius 1 is 1.17 bits per heavy atom. The van der Waals surface area contributed by atoms with Crippen LogP contribution in [0.2, 0.25) is 10.0 Å². The number of carbonyl (C=O) groups is 1. The minimum absolute atomic E-state index is 0.131. The number of ether oxygens (including phenoxy) is 1. The van der Waals surface area contributed by atoms with Crippen molar-refractivity contribution >= 4 is 51.4 Å². The van der Waals surface area contributed by atoms with E-state index >= 15 is 0 Å². The molecule has 0 bridgehead atoms. The van der Waals surface area contributed by atoms with Crippen LogP contribution in [0.4, 0.5) is 5.95 Å². The van der Waals surface area contributed by atoms with E-state index in [-0.39, 0.29) is 18.5 Å². The molecule has 6 nitrogen and oxygen atoms in total. The largest absolute Gasteiger partial charge is 0.483 e. The van der Waals surface area contributed by atoms with Gasteiger partial charge in [0.15, 0.2) is 6.61 Å². The molecule has 0 aliphatic heterocycles. The number of fused-ring (bicyclic) bond motifs is 1. The summed E-state index contributed by atoms with van der Waals surface area (Å²) in [5, 5.41) is 10.1. The number of halogens is 2. The van der Waals surface area contributed by atoms with Crippen molar-refractivity contribution in [2.24, 2.45) is 0 Å². The molecule has 0 atom stereocenters. The number of nitrogens with one attached hydrogen (secondary N) is 1. The van der Waals surface area contributed by atoms with Gasteiger partial charge in [0.25, 0.3) is 11.9 Å². The quantitative estimate of drug-likeness (QED) is 0.414. The van der Waals surface area contributed by atoms with E-state index in [4.69, 9.17) is 27.9 Å². The summed E-state index contributed by atoms with van der Waals surface area (Å²) < 4.78 is 7.40. The summed E-state index contributed by atoms with van der Waals surface area (Å²) in [6.07, 6.45) is 0. The van der Waals surface area contributed by atoms with Gasteiger partial charge in [-0.25, -0.2) is 4.52 Å². The van der Waals surface area contributed by atoms with Gasteiger partial charge in [-0.05, 0) is 55.7 Å². The summed E-state index contributed by atoms with van der Waals surface area (Å²) in [5.74, 6) is 0.600. The standard InChI is InChI=1S/C21H18Cl2N4O2S/c1-11-4-5-12(2)19(13(11)3)29-9-18(28)24-20-25-21-27(26-20)17(10-30-21)15-7-6-14(22)8-16(15)23/h4-8,10H,9H2,1-3H3,(H,24,26,28). The van der Waals surface area contributed by atoms with Crippen LogP contribution in [0.1, 0.15) is 16.7 Å². The lowest BCUT2D eigenvalue weighted by atomic mass is 10.1. The highest BCUT2D eigenvalue weighted by molar-refractivity contribution is 7.15. The Morgan fingerprint density at radius 3 is 2.70 bits per heavy atom. The van der Waals surface area contributed by atoms with Crippen LogP contribution in [0, 0.1) is 20.8 Å². The Bertz CT molecular complexity index is 1270. The van der Waals surface area contributed by atoms with Crippen molar-refractivity contribution in [3.05, 3.63) is 62.4 Å². The monoisotopic (exact) mass is 460 g/mol. The molecule has 4 rings (SSSR count). The van der Waals surface area contributed by atoms with Crippen molar-refractivity contribution in [1.82, 2.24) is 14.6 Å². The van der Waals surface area contributed by atoms with Gasteiger partial charge in [0.1, 0.15) is 5.75 Å². The van der Waals surface area contributed by atoms with E-state index in [0.717, 1.165) is 33.7 Å². The van der Waals surface area contributed by atoms with Gasteiger partial charge in [-0.15, -0.1) is 16.4 Å². The Balaban J connectivity index is 1.50. The molecule has 0 aliphatic carbocycles. The number of rotatable bonds is 5. The summed E-state index contributed by atoms with van der Waals surface area (Å²) >= 11 is 13.7. The van der Waals surface area contributed by atoms with E-state index < -0.39 is 0 Å². The third-order valence-corrected chi connectivity index (χ3v) is 6.13. The van der Waals surface area contributed by atoms with Crippen LogP contribution in [0.3, 0.4) is 0 Å². The van der Waals surface area contributed by atoms with Crippen LogP contribution in [0.25, 0.3) is 16.2 Å². The van der Waals surface area contributed by atoms with Gasteiger partial charge >= 0.3 is 0 Å². The molecule has 2 aromatic carbocycles. The molecule has 30 heavy (non-hydrogen) atoms. The molecule has 0 saturated heterocycles. The summed E-state index contributed by atoms with van der Waals surface area (Å²) in [4.78, 5) is 17.4. The molecule has 2 heterocycles. The van der Waals surface area contributed by atoms with Gasteiger partial charge in [0.2, 0.25) is 4.96 Å². The zero-order valence-electron chi connectivity index (χ0n) is 16.5. The average molecular weight is 461 g/mol. The number of carbonyl (C=O) groups excluding carboxylic acids is 1. The second-order valence-corrected chi connectivity index (χ2v) is 8.55. The summed E-state index contributed by atoms with van der Waals surface area (Å²) in [5.41, 5.74) is 4.67. The summed E-state index contributed by atoms with van der Waals surface area (Å²) in [7, 11) is 0. The number of benzene rings is 2. The van der Waals surface area contributed by atoms with Gasteiger partial charge < -0.3 is 4.74 Å². The Kier molecular flexibility index (Phi) is 5.69. The molecule has 154 valence electrons. The topological polar surface area (TPSA) is 68.5 Å². The second kappa shape index (κ2) is 8.26. The molecule has 0 aliphatic rings. The first-order chi connectivity index (χ1) is 14.3. The molecule has 2 aromatic heterocycles. The lowest BCUT2D eigenvalue weighted by Gasteiger charge is -2.13. The van der Waals surface area contributed by atoms with Crippen LogP contribution in [-0.4, -0.2) is 27.1 Å². The number of thiazole rings is 1. The lowest BCUT2D eigenvalue weighted by Crippen LogP contribution is -2.21. The van der Waals surface area contributed by atoms with Crippen molar-refractivity contribution in [1.29, 1.82) is 0 Å². The molecule has 0 radical (unpaired) electrons. The van der Waals surface area contributed by atoms with Gasteiger partial charge in [0.05, 0.1) is 10.7 Å². The van der Waals surface area contributed by atoms with Crippen molar-refractivity contribution in [3.8, 4) is 17.0 Å². The number of hydrogen-bond acceptors (Lipinski definition) is 5. The Labute approximate surface area is 187 Å². The zero-order chi connectivity index (χ0) is 21.4. The van der Waals surface area contributed by atoms with Gasteiger partial charge in [-0.2, -0.15) is 4.98 Å². The number of aryl methyl sites for hydroxylation is 2. The fraction of sp³-hybridized carbons (Fsp3) is 0.190. The minimum Gasteiger partial charge on any atom is -0.483 e. The first kappa shape index (κ1) is 20.7. The highest BCUT2D eigenvalue weighted by Crippen LogP contribution is 2.33. The Hall–Kier alpha value is -2.61. The van der Waals surface area contributed by atoms with Gasteiger partial charge in [-0.1, -0.05) is 35.3 Å². The number of aromatic nitrogens is 3. The molecule has 1 N–H and O–H groups in total. The van der Waals surface area contributed by atoms with Crippen LogP contribution in [-0.2, 0) is 4.79 Å². The predicted octanol–water partition coefficient (Wildman–Crippen LogP) is 5.71. The maximum atomic E-state index is 12.4. The summed E-state index contributed by atoms with van der Waals surface area (Å²) in [6.45, 7) is 5.81. The molecule has 0 unspecified atom stereocenters. The third kappa shape index (κ3) is 4.01. The number of hydrogen-bond donors (Lipinski definition) is 1. The fourth-order valence-electron chi connectivity index (χ4n) is 3.06. The first-order valence-electron chi connectivity index (χ1n) is 9.12. The second-order valence-electron chi connectivity index (χ2n) is 6.87. The SMILES string of the molecule is Cc1ccc(C)c(OCC(=O)Nc2nc3scc(-c4ccc(Cl)cc4Cl)n3n2)c1C. The maximum absolute atomic E-state index is 12.4. The van der Waals surface area contributed by atoms with Crippen LogP contribution >= 0.6 is 34.5 Å². The number of anilines is 1. The van der Waals surface area contributed by atoms with Crippen LogP contribution in [0.15, 0.2) is 35.7 Å². The average Bonchev–Trinajstić information content (AvgIpc) is 3.25. The van der Waals surface area contributed by atoms with Crippen molar-refractivity contribution in [3.63, 3.8) is 0 Å². The van der Waals surface area contributed by atoms with E-state index in [9.17, 15) is 4.79 Å². The molecule has 4 aromatic rings. The van der Waals surface area contributed by atoms with E-state index in [1.807, 2.05) is 44.4 Å². The fourth-order valence-corrected chi connectivity index (χ4v) is 4.39. The van der Waals surface area contributed by atoms with E-state index in [0.29, 0.717) is 15.0 Å². The van der Waals surface area contributed by atoms with Crippen molar-refractivity contribution in [2.75, 3.05) is 11.9 Å².